The number of para-hydroxylation sites is 4. The van der Waals surface area contributed by atoms with Crippen molar-refractivity contribution in [1.82, 2.24) is 9.36 Å². The molecule has 49 heavy (non-hydrogen) atoms. The third kappa shape index (κ3) is 5.90. The molecule has 0 atom stereocenters. The molecule has 1 aromatic heterocycles. The number of aromatic nitrogens is 2. The second-order valence-electron chi connectivity index (χ2n) is 11.1. The lowest BCUT2D eigenvalue weighted by Crippen LogP contribution is -2.41. The van der Waals surface area contributed by atoms with Crippen molar-refractivity contribution < 1.29 is 14.7 Å². The molecule has 2 amide bonds. The fraction of sp³-hybridized carbons (Fsp3) is 0. The molecular weight excluding hydrogens is 612 g/mol. The second kappa shape index (κ2) is 13.4. The van der Waals surface area contributed by atoms with Crippen LogP contribution in [0.2, 0.25) is 0 Å². The van der Waals surface area contributed by atoms with Crippen LogP contribution in [0.3, 0.4) is 0 Å². The van der Waals surface area contributed by atoms with Gasteiger partial charge in [0.2, 0.25) is 5.88 Å². The molecule has 0 radical (unpaired) electrons. The van der Waals surface area contributed by atoms with Crippen molar-refractivity contribution in [3.8, 4) is 17.3 Å². The number of hydrazine groups is 1. The molecule has 0 saturated carbocycles. The minimum atomic E-state index is -0.476. The first kappa shape index (κ1) is 30.7. The lowest BCUT2D eigenvalue weighted by atomic mass is 10.0. The van der Waals surface area contributed by atoms with Crippen LogP contribution in [0.1, 0.15) is 11.1 Å². The summed E-state index contributed by atoms with van der Waals surface area (Å²) in [7, 11) is 0. The van der Waals surface area contributed by atoms with Crippen molar-refractivity contribution in [3.05, 3.63) is 197 Å². The van der Waals surface area contributed by atoms with E-state index >= 15 is 0 Å². The van der Waals surface area contributed by atoms with Gasteiger partial charge in [-0.15, -0.1) is 0 Å². The Kier molecular flexibility index (Phi) is 8.42. The zero-order valence-electron chi connectivity index (χ0n) is 26.2. The van der Waals surface area contributed by atoms with E-state index in [1.54, 1.807) is 66.8 Å². The molecule has 2 heterocycles. The maximum Gasteiger partial charge on any atom is 0.283 e. The number of hydrogen-bond acceptors (Lipinski definition) is 4. The largest absolute Gasteiger partial charge is 0.493 e. The fourth-order valence-corrected chi connectivity index (χ4v) is 5.74. The summed E-state index contributed by atoms with van der Waals surface area (Å²) in [5.41, 5.74) is 3.29. The van der Waals surface area contributed by atoms with E-state index in [2.05, 4.69) is 0 Å². The van der Waals surface area contributed by atoms with E-state index in [4.69, 9.17) is 0 Å². The fourth-order valence-electron chi connectivity index (χ4n) is 5.74. The van der Waals surface area contributed by atoms with Gasteiger partial charge >= 0.3 is 0 Å². The number of hydrogen-bond donors (Lipinski definition) is 1. The third-order valence-electron chi connectivity index (χ3n) is 8.08. The van der Waals surface area contributed by atoms with Gasteiger partial charge in [0.25, 0.3) is 17.4 Å². The number of aromatic hydroxyl groups is 1. The average Bonchev–Trinajstić information content (AvgIpc) is 3.56. The number of anilines is 2. The van der Waals surface area contributed by atoms with Crippen LogP contribution >= 0.6 is 0 Å². The lowest BCUT2D eigenvalue weighted by molar-refractivity contribution is -0.116. The zero-order valence-corrected chi connectivity index (χ0v) is 26.2. The molecule has 1 N–H and O–H groups in total. The first-order valence-electron chi connectivity index (χ1n) is 15.6. The van der Waals surface area contributed by atoms with E-state index in [1.807, 2.05) is 103 Å². The molecule has 0 aliphatic carbocycles. The van der Waals surface area contributed by atoms with Crippen molar-refractivity contribution in [3.63, 3.8) is 0 Å². The molecule has 8 nitrogen and oxygen atoms in total. The lowest BCUT2D eigenvalue weighted by Gasteiger charge is -2.27. The maximum atomic E-state index is 13.9. The van der Waals surface area contributed by atoms with Crippen molar-refractivity contribution >= 4 is 34.8 Å². The van der Waals surface area contributed by atoms with Crippen LogP contribution in [-0.4, -0.2) is 26.3 Å². The van der Waals surface area contributed by atoms with Gasteiger partial charge in [0.15, 0.2) is 0 Å². The number of nitrogens with zero attached hydrogens (tertiary/aromatic N) is 4. The Bertz CT molecular complexity index is 2210. The molecule has 8 heteroatoms. The number of carbonyl (C=O) groups excluding carboxylic acids is 2. The summed E-state index contributed by atoms with van der Waals surface area (Å²) < 4.78 is 2.89. The molecule has 1 fully saturated rings. The minimum Gasteiger partial charge on any atom is -0.493 e. The molecule has 238 valence electrons. The van der Waals surface area contributed by atoms with E-state index < -0.39 is 17.4 Å². The van der Waals surface area contributed by atoms with E-state index in [0.29, 0.717) is 28.3 Å². The van der Waals surface area contributed by atoms with Gasteiger partial charge in [-0.2, -0.15) is 0 Å². The Morgan fingerprint density at radius 1 is 0.510 bits per heavy atom. The van der Waals surface area contributed by atoms with Crippen molar-refractivity contribution in [2.75, 3.05) is 10.0 Å². The minimum absolute atomic E-state index is 0.0287. The predicted octanol–water partition coefficient (Wildman–Crippen LogP) is 7.35. The van der Waals surface area contributed by atoms with Gasteiger partial charge < -0.3 is 5.11 Å². The molecule has 1 saturated heterocycles. The van der Waals surface area contributed by atoms with E-state index in [0.717, 1.165) is 5.56 Å². The average molecular weight is 643 g/mol. The summed E-state index contributed by atoms with van der Waals surface area (Å²) in [6, 6.07) is 45.6. The predicted molar refractivity (Wildman–Crippen MR) is 192 cm³/mol. The smallest absolute Gasteiger partial charge is 0.283 e. The van der Waals surface area contributed by atoms with Gasteiger partial charge in [0.05, 0.1) is 22.7 Å². The molecule has 7 rings (SSSR count). The highest BCUT2D eigenvalue weighted by Gasteiger charge is 2.42. The summed E-state index contributed by atoms with van der Waals surface area (Å²) in [6.45, 7) is 0. The van der Waals surface area contributed by atoms with E-state index in [1.165, 1.54) is 25.5 Å². The Hall–Kier alpha value is -6.93. The molecule has 6 aromatic rings. The second-order valence-corrected chi connectivity index (χ2v) is 11.1. The number of amides is 2. The number of benzene rings is 5. The first-order chi connectivity index (χ1) is 24.0. The number of carbonyl (C=O) groups is 2. The summed E-state index contributed by atoms with van der Waals surface area (Å²) in [4.78, 5) is 41.7. The first-order valence-corrected chi connectivity index (χ1v) is 15.6. The standard InChI is InChI=1S/C41H30N4O4/c46-38-36(39(47)43(33-20-10-3-11-21-33)42(38)32-18-8-2-9-19-32)28-26-31(30-16-6-1-7-17-30)27-29-37-40(48)44(34-22-12-4-13-23-34)45(41(37)49)35-24-14-5-15-25-35/h1-29,46H/b28-26+,31-27-. The van der Waals surface area contributed by atoms with Crippen LogP contribution < -0.4 is 15.6 Å². The van der Waals surface area contributed by atoms with Crippen molar-refractivity contribution in [2.24, 2.45) is 0 Å². The van der Waals surface area contributed by atoms with Gasteiger partial charge in [-0.1, -0.05) is 115 Å². The molecular formula is C41H30N4O4. The molecule has 0 spiro atoms. The monoisotopic (exact) mass is 642 g/mol. The van der Waals surface area contributed by atoms with Crippen LogP contribution in [0.15, 0.2) is 180 Å². The quantitative estimate of drug-likeness (QED) is 0.107. The Balaban J connectivity index is 1.34. The van der Waals surface area contributed by atoms with E-state index in [-0.39, 0.29) is 17.0 Å². The highest BCUT2D eigenvalue weighted by atomic mass is 16.3. The molecule has 0 bridgehead atoms. The van der Waals surface area contributed by atoms with Gasteiger partial charge in [0.1, 0.15) is 11.1 Å². The Morgan fingerprint density at radius 2 is 0.918 bits per heavy atom. The van der Waals surface area contributed by atoms with Gasteiger partial charge in [0, 0.05) is 0 Å². The van der Waals surface area contributed by atoms with Gasteiger partial charge in [-0.25, -0.2) is 19.4 Å². The summed E-state index contributed by atoms with van der Waals surface area (Å²) in [6.07, 6.45) is 6.43. The molecule has 5 aromatic carbocycles. The topological polar surface area (TPSA) is 87.8 Å². The highest BCUT2D eigenvalue weighted by Crippen LogP contribution is 2.32. The van der Waals surface area contributed by atoms with Crippen LogP contribution in [0, 0.1) is 0 Å². The molecule has 1 aliphatic rings. The van der Waals surface area contributed by atoms with Crippen LogP contribution in [0.5, 0.6) is 5.88 Å². The zero-order chi connectivity index (χ0) is 33.7. The van der Waals surface area contributed by atoms with Gasteiger partial charge in [-0.3, -0.25) is 14.4 Å². The van der Waals surface area contributed by atoms with Crippen LogP contribution in [-0.2, 0) is 9.59 Å². The molecule has 1 aliphatic heterocycles. The summed E-state index contributed by atoms with van der Waals surface area (Å²) in [5, 5.41) is 14.2. The van der Waals surface area contributed by atoms with Crippen LogP contribution in [0.25, 0.3) is 23.0 Å². The SMILES string of the molecule is O=C1C(=C/C=C(/C=C/c2c(O)n(-c3ccccc3)n(-c3ccccc3)c2=O)c2ccccc2)C(=O)N(c2ccccc2)N1c1ccccc1. The normalized spacial score (nSPS) is 13.5. The Morgan fingerprint density at radius 3 is 1.39 bits per heavy atom. The van der Waals surface area contributed by atoms with Crippen molar-refractivity contribution in [2.45, 2.75) is 0 Å². The van der Waals surface area contributed by atoms with Crippen molar-refractivity contribution in [1.29, 1.82) is 0 Å². The summed E-state index contributed by atoms with van der Waals surface area (Å²) >= 11 is 0. The van der Waals surface area contributed by atoms with Crippen LogP contribution in [0.4, 0.5) is 11.4 Å². The number of rotatable bonds is 8. The molecule has 0 unspecified atom stereocenters. The maximum absolute atomic E-state index is 13.9. The van der Waals surface area contributed by atoms with E-state index in [9.17, 15) is 19.5 Å². The third-order valence-corrected chi connectivity index (χ3v) is 8.08. The number of allylic oxidation sites excluding steroid dienone is 4. The van der Waals surface area contributed by atoms with Gasteiger partial charge in [-0.05, 0) is 71.8 Å². The summed E-state index contributed by atoms with van der Waals surface area (Å²) in [5.74, 6) is -1.19. The highest BCUT2D eigenvalue weighted by molar-refractivity contribution is 6.36. The Labute approximate surface area is 282 Å².